The summed E-state index contributed by atoms with van der Waals surface area (Å²) < 4.78 is 37.1. The zero-order valence-electron chi connectivity index (χ0n) is 26.4. The van der Waals surface area contributed by atoms with Crippen molar-refractivity contribution in [2.75, 3.05) is 6.61 Å². The van der Waals surface area contributed by atoms with Gasteiger partial charge in [0.2, 0.25) is 0 Å². The maximum Gasteiger partial charge on any atom is 0.514 e. The second-order valence-corrected chi connectivity index (χ2v) is 11.9. The average Bonchev–Trinajstić information content (AvgIpc) is 2.93. The van der Waals surface area contributed by atoms with E-state index in [0.717, 1.165) is 32.1 Å². The number of esters is 1. The molecule has 1 aromatic carbocycles. The number of hydrogen-bond acceptors (Lipinski definition) is 12. The van der Waals surface area contributed by atoms with E-state index in [1.807, 2.05) is 13.8 Å². The SMILES string of the molecule is CCC(C)(C)OC(=O)Oc1ccc(C[C@H](N)C(=O)O[C@@H](C)COC(=O)OC2CCCCC2)cc1OC(=O)OC(C)(C)CC. The van der Waals surface area contributed by atoms with Crippen molar-refractivity contribution in [3.05, 3.63) is 23.8 Å². The van der Waals surface area contributed by atoms with Gasteiger partial charge >= 0.3 is 24.4 Å². The van der Waals surface area contributed by atoms with E-state index in [1.165, 1.54) is 12.1 Å². The summed E-state index contributed by atoms with van der Waals surface area (Å²) in [6.45, 7) is 12.0. The molecule has 0 unspecified atom stereocenters. The first-order valence-corrected chi connectivity index (χ1v) is 14.9. The number of rotatable bonds is 13. The van der Waals surface area contributed by atoms with Gasteiger partial charge in [-0.15, -0.1) is 0 Å². The Balaban J connectivity index is 2.03. The lowest BCUT2D eigenvalue weighted by atomic mass is 9.98. The van der Waals surface area contributed by atoms with E-state index in [9.17, 15) is 19.2 Å². The quantitative estimate of drug-likeness (QED) is 0.150. The van der Waals surface area contributed by atoms with Gasteiger partial charge in [0, 0.05) is 0 Å². The second-order valence-electron chi connectivity index (χ2n) is 11.9. The fourth-order valence-electron chi connectivity index (χ4n) is 3.86. The summed E-state index contributed by atoms with van der Waals surface area (Å²) in [4.78, 5) is 49.5. The number of nitrogens with two attached hydrogens (primary N) is 1. The van der Waals surface area contributed by atoms with Gasteiger partial charge in [0.15, 0.2) is 11.5 Å². The fourth-order valence-corrected chi connectivity index (χ4v) is 3.86. The topological polar surface area (TPSA) is 159 Å². The molecule has 2 atom stereocenters. The first kappa shape index (κ1) is 35.7. The Bertz CT molecular complexity index is 1100. The van der Waals surface area contributed by atoms with Gasteiger partial charge in [-0.25, -0.2) is 14.4 Å². The van der Waals surface area contributed by atoms with Crippen LogP contribution in [0.1, 0.15) is 99.0 Å². The van der Waals surface area contributed by atoms with Crippen LogP contribution in [-0.4, -0.2) is 60.5 Å². The number of carbonyl (C=O) groups is 4. The lowest BCUT2D eigenvalue weighted by Crippen LogP contribution is -2.37. The monoisotopic (exact) mass is 609 g/mol. The molecular formula is C31H47NO11. The molecule has 0 amide bonds. The van der Waals surface area contributed by atoms with Crippen LogP contribution < -0.4 is 15.2 Å². The maximum absolute atomic E-state index is 12.6. The van der Waals surface area contributed by atoms with Gasteiger partial charge in [-0.05, 0) is 97.3 Å². The Labute approximate surface area is 253 Å². The van der Waals surface area contributed by atoms with Crippen molar-refractivity contribution in [3.63, 3.8) is 0 Å². The highest BCUT2D eigenvalue weighted by Gasteiger charge is 2.27. The lowest BCUT2D eigenvalue weighted by molar-refractivity contribution is -0.152. The summed E-state index contributed by atoms with van der Waals surface area (Å²) in [5.74, 6) is -0.942. The van der Waals surface area contributed by atoms with Crippen molar-refractivity contribution in [2.45, 2.75) is 129 Å². The molecule has 1 fully saturated rings. The molecule has 1 aromatic rings. The Kier molecular flexibility index (Phi) is 13.6. The molecule has 0 aliphatic heterocycles. The van der Waals surface area contributed by atoms with Gasteiger partial charge in [0.25, 0.3) is 0 Å². The molecule has 1 aliphatic rings. The van der Waals surface area contributed by atoms with Crippen LogP contribution in [0.25, 0.3) is 0 Å². The third-order valence-corrected chi connectivity index (χ3v) is 7.14. The van der Waals surface area contributed by atoms with Crippen LogP contribution in [0.3, 0.4) is 0 Å². The Morgan fingerprint density at radius 1 is 0.860 bits per heavy atom. The predicted octanol–water partition coefficient (Wildman–Crippen LogP) is 6.38. The van der Waals surface area contributed by atoms with E-state index in [2.05, 4.69) is 0 Å². The van der Waals surface area contributed by atoms with E-state index < -0.39 is 47.8 Å². The lowest BCUT2D eigenvalue weighted by Gasteiger charge is -2.24. The molecule has 0 spiro atoms. The fraction of sp³-hybridized carbons (Fsp3) is 0.677. The minimum Gasteiger partial charge on any atom is -0.458 e. The minimum absolute atomic E-state index is 0.00438. The summed E-state index contributed by atoms with van der Waals surface area (Å²) in [5.41, 5.74) is 5.01. The highest BCUT2D eigenvalue weighted by molar-refractivity contribution is 5.76. The zero-order valence-corrected chi connectivity index (χ0v) is 26.4. The highest BCUT2D eigenvalue weighted by atomic mass is 16.8. The largest absolute Gasteiger partial charge is 0.514 e. The van der Waals surface area contributed by atoms with E-state index >= 15 is 0 Å². The molecular weight excluding hydrogens is 562 g/mol. The summed E-state index contributed by atoms with van der Waals surface area (Å²) in [5, 5.41) is 0. The van der Waals surface area contributed by atoms with Crippen LogP contribution in [0.4, 0.5) is 14.4 Å². The molecule has 242 valence electrons. The van der Waals surface area contributed by atoms with E-state index in [1.54, 1.807) is 40.7 Å². The molecule has 0 radical (unpaired) electrons. The van der Waals surface area contributed by atoms with Gasteiger partial charge in [-0.2, -0.15) is 0 Å². The molecule has 12 heteroatoms. The first-order chi connectivity index (χ1) is 20.1. The van der Waals surface area contributed by atoms with Crippen molar-refractivity contribution in [3.8, 4) is 11.5 Å². The average molecular weight is 610 g/mol. The Morgan fingerprint density at radius 2 is 1.42 bits per heavy atom. The van der Waals surface area contributed by atoms with Crippen LogP contribution in [0.2, 0.25) is 0 Å². The predicted molar refractivity (Wildman–Crippen MR) is 156 cm³/mol. The standard InChI is InChI=1S/C31H47NO11/c1-8-30(4,5)42-28(35)40-24-16-15-21(18-25(24)41-29(36)43-31(6,7)9-2)17-23(32)26(33)38-20(3)19-37-27(34)39-22-13-11-10-12-14-22/h15-16,18,20,22-23H,8-14,17,19,32H2,1-7H3/t20-,23-/m0/s1. The number of ether oxygens (including phenoxy) is 7. The normalized spacial score (nSPS) is 15.4. The molecule has 2 rings (SSSR count). The molecule has 1 aliphatic carbocycles. The molecule has 2 N–H and O–H groups in total. The number of carbonyl (C=O) groups excluding carboxylic acids is 4. The summed E-state index contributed by atoms with van der Waals surface area (Å²) in [6.07, 6.45) is 2.17. The minimum atomic E-state index is -1.10. The van der Waals surface area contributed by atoms with Crippen molar-refractivity contribution in [1.29, 1.82) is 0 Å². The van der Waals surface area contributed by atoms with Crippen LogP contribution >= 0.6 is 0 Å². The van der Waals surface area contributed by atoms with E-state index in [0.29, 0.717) is 18.4 Å². The van der Waals surface area contributed by atoms with Crippen molar-refractivity contribution in [1.82, 2.24) is 0 Å². The van der Waals surface area contributed by atoms with Crippen LogP contribution in [-0.2, 0) is 34.9 Å². The van der Waals surface area contributed by atoms with Gasteiger partial charge in [0.05, 0.1) is 0 Å². The zero-order chi connectivity index (χ0) is 32.2. The van der Waals surface area contributed by atoms with E-state index in [-0.39, 0.29) is 30.6 Å². The summed E-state index contributed by atoms with van der Waals surface area (Å²) in [6, 6.07) is 3.27. The smallest absolute Gasteiger partial charge is 0.458 e. The highest BCUT2D eigenvalue weighted by Crippen LogP contribution is 2.31. The Morgan fingerprint density at radius 3 is 1.98 bits per heavy atom. The third kappa shape index (κ3) is 13.1. The summed E-state index contributed by atoms with van der Waals surface area (Å²) >= 11 is 0. The van der Waals surface area contributed by atoms with Crippen LogP contribution in [0.15, 0.2) is 18.2 Å². The molecule has 0 saturated heterocycles. The van der Waals surface area contributed by atoms with Gasteiger partial charge in [-0.3, -0.25) is 4.79 Å². The first-order valence-electron chi connectivity index (χ1n) is 14.9. The van der Waals surface area contributed by atoms with Gasteiger partial charge in [-0.1, -0.05) is 26.3 Å². The third-order valence-electron chi connectivity index (χ3n) is 7.14. The van der Waals surface area contributed by atoms with Crippen LogP contribution in [0.5, 0.6) is 11.5 Å². The Hall–Kier alpha value is -3.54. The molecule has 0 heterocycles. The number of hydrogen-bond donors (Lipinski definition) is 1. The molecule has 0 bridgehead atoms. The van der Waals surface area contributed by atoms with Crippen molar-refractivity contribution >= 4 is 24.4 Å². The van der Waals surface area contributed by atoms with Gasteiger partial charge < -0.3 is 38.9 Å². The number of benzene rings is 1. The summed E-state index contributed by atoms with van der Waals surface area (Å²) in [7, 11) is 0. The van der Waals surface area contributed by atoms with Gasteiger partial charge in [0.1, 0.15) is 36.1 Å². The van der Waals surface area contributed by atoms with Crippen LogP contribution in [0, 0.1) is 0 Å². The molecule has 43 heavy (non-hydrogen) atoms. The molecule has 0 aromatic heterocycles. The maximum atomic E-state index is 12.6. The van der Waals surface area contributed by atoms with Crippen molar-refractivity contribution in [2.24, 2.45) is 5.73 Å². The molecule has 1 saturated carbocycles. The molecule has 12 nitrogen and oxygen atoms in total. The van der Waals surface area contributed by atoms with E-state index in [4.69, 9.17) is 38.9 Å². The second kappa shape index (κ2) is 16.3. The van der Waals surface area contributed by atoms with Crippen molar-refractivity contribution < 1.29 is 52.3 Å².